The van der Waals surface area contributed by atoms with E-state index < -0.39 is 5.95 Å². The molecule has 1 amide bonds. The number of hydrogen-bond acceptors (Lipinski definition) is 2. The zero-order valence-corrected chi connectivity index (χ0v) is 11.3. The van der Waals surface area contributed by atoms with E-state index in [0.717, 1.165) is 11.6 Å². The number of nitrogens with one attached hydrogen (secondary N) is 1. The molecule has 0 bridgehead atoms. The van der Waals surface area contributed by atoms with Crippen LogP contribution in [0.2, 0.25) is 10.0 Å². The molecular weight excluding hydrogens is 290 g/mol. The lowest BCUT2D eigenvalue weighted by Crippen LogP contribution is -2.23. The van der Waals surface area contributed by atoms with Gasteiger partial charge in [0.25, 0.3) is 5.91 Å². The molecule has 1 aromatic carbocycles. The predicted molar refractivity (Wildman–Crippen MR) is 67.4 cm³/mol. The number of nitrogens with zero attached hydrogens (tertiary/aromatic N) is 1. The Bertz CT molecular complexity index is 619. The van der Waals surface area contributed by atoms with Crippen molar-refractivity contribution >= 4 is 17.5 Å². The zero-order valence-electron chi connectivity index (χ0n) is 9.69. The van der Waals surface area contributed by atoms with E-state index in [1.807, 2.05) is 0 Å². The van der Waals surface area contributed by atoms with Crippen molar-refractivity contribution in [3.05, 3.63) is 63.6 Å². The number of aromatic nitrogens is 1. The van der Waals surface area contributed by atoms with Gasteiger partial charge in [-0.3, -0.25) is 4.79 Å². The molecule has 2 rings (SSSR count). The molecule has 0 radical (unpaired) electrons. The fraction of sp³-hybridized carbons (Fsp3) is 0.0769. The smallest absolute Gasteiger partial charge is 0.251 e. The summed E-state index contributed by atoms with van der Waals surface area (Å²) in [6.07, 6.45) is 1.24. The minimum atomic E-state index is -0.692. The summed E-state index contributed by atoms with van der Waals surface area (Å²) < 4.78 is 12.9. The number of carbonyl (C=O) groups excluding carboxylic acids is 1. The van der Waals surface area contributed by atoms with Gasteiger partial charge in [-0.25, -0.2) is 4.98 Å². The van der Waals surface area contributed by atoms with E-state index in [9.17, 15) is 9.18 Å². The minimum absolute atomic E-state index is 0.215. The predicted octanol–water partition coefficient (Wildman–Crippen LogP) is 2.50. The fourth-order valence-electron chi connectivity index (χ4n) is 1.50. The molecule has 0 aliphatic heterocycles. The first-order chi connectivity index (χ1) is 9.06. The van der Waals surface area contributed by atoms with Crippen LogP contribution in [-0.4, -0.2) is 10.9 Å². The van der Waals surface area contributed by atoms with E-state index in [0.29, 0.717) is 10.0 Å². The van der Waals surface area contributed by atoms with Gasteiger partial charge in [-0.05, 0) is 12.1 Å². The van der Waals surface area contributed by atoms with Gasteiger partial charge < -0.3 is 5.32 Å². The Labute approximate surface area is 119 Å². The van der Waals surface area contributed by atoms with Gasteiger partial charge in [0.05, 0.1) is 0 Å². The van der Waals surface area contributed by atoms with Gasteiger partial charge in [-0.15, -0.1) is 0 Å². The first kappa shape index (κ1) is 13.8. The number of rotatable bonds is 3. The van der Waals surface area contributed by atoms with E-state index in [1.165, 1.54) is 12.3 Å². The molecule has 1 heterocycles. The van der Waals surface area contributed by atoms with Gasteiger partial charge in [-0.1, -0.05) is 17.7 Å². The molecule has 0 spiro atoms. The van der Waals surface area contributed by atoms with Crippen LogP contribution >= 0.6 is 11.6 Å². The third-order valence-electron chi connectivity index (χ3n) is 2.46. The molecule has 19 heavy (non-hydrogen) atoms. The molecule has 3 nitrogen and oxygen atoms in total. The minimum Gasteiger partial charge on any atom is -0.348 e. The van der Waals surface area contributed by atoms with Crippen molar-refractivity contribution in [3.63, 3.8) is 0 Å². The average Bonchev–Trinajstić information content (AvgIpc) is 2.37. The van der Waals surface area contributed by atoms with Crippen molar-refractivity contribution in [2.75, 3.05) is 0 Å². The molecule has 0 saturated carbocycles. The molecule has 2 aromatic rings. The van der Waals surface area contributed by atoms with Crippen molar-refractivity contribution in [2.24, 2.45) is 0 Å². The van der Waals surface area contributed by atoms with E-state index in [1.54, 1.807) is 18.2 Å². The second-order valence-corrected chi connectivity index (χ2v) is 4.68. The van der Waals surface area contributed by atoms with Crippen LogP contribution in [0, 0.1) is 17.5 Å². The Balaban J connectivity index is 2.04. The highest BCUT2D eigenvalue weighted by molar-refractivity contribution is 6.30. The molecule has 0 atom stereocenters. The molecule has 0 saturated heterocycles. The maximum Gasteiger partial charge on any atom is 0.251 e. The second kappa shape index (κ2) is 5.99. The Hall–Kier alpha value is -1.65. The maximum atomic E-state index is 12.9. The SMILES string of the molecule is O=C(NCc1ccc(Cl)cc1[ClH+])c1ccnc(F)c1. The van der Waals surface area contributed by atoms with Gasteiger partial charge in [0.15, 0.2) is 11.6 Å². The van der Waals surface area contributed by atoms with Gasteiger partial charge in [0.2, 0.25) is 11.0 Å². The van der Waals surface area contributed by atoms with Crippen LogP contribution in [-0.2, 0) is 6.54 Å². The van der Waals surface area contributed by atoms with Gasteiger partial charge >= 0.3 is 0 Å². The van der Waals surface area contributed by atoms with Crippen molar-refractivity contribution < 1.29 is 20.8 Å². The van der Waals surface area contributed by atoms with Crippen LogP contribution in [0.1, 0.15) is 15.9 Å². The normalized spacial score (nSPS) is 10.3. The number of hydrogen-bond donors (Lipinski definition) is 1. The second-order valence-electron chi connectivity index (χ2n) is 3.80. The summed E-state index contributed by atoms with van der Waals surface area (Å²) in [5.74, 6) is -1.08. The summed E-state index contributed by atoms with van der Waals surface area (Å²) >= 11 is 10.9. The zero-order chi connectivity index (χ0) is 13.8. The molecule has 1 aromatic heterocycles. The molecule has 0 fully saturated rings. The standard InChI is InChI=1S/C13H9Cl2FN2O/c14-10-2-1-9(11(15)6-10)7-18-13(19)8-3-4-17-12(16)5-8/h1-6,15H,7H2/p+1. The molecule has 6 heteroatoms. The Kier molecular flexibility index (Phi) is 4.35. The van der Waals surface area contributed by atoms with Crippen molar-refractivity contribution in [1.82, 2.24) is 10.3 Å². The summed E-state index contributed by atoms with van der Waals surface area (Å²) in [5.41, 5.74) is 0.995. The number of pyridine rings is 1. The van der Waals surface area contributed by atoms with E-state index in [4.69, 9.17) is 23.2 Å². The van der Waals surface area contributed by atoms with E-state index in [2.05, 4.69) is 10.3 Å². The summed E-state index contributed by atoms with van der Waals surface area (Å²) in [5, 5.41) is 3.79. The number of carbonyl (C=O) groups is 1. The van der Waals surface area contributed by atoms with Gasteiger partial charge in [0, 0.05) is 41.0 Å². The van der Waals surface area contributed by atoms with Crippen LogP contribution in [0.25, 0.3) is 0 Å². The van der Waals surface area contributed by atoms with Crippen molar-refractivity contribution in [3.8, 4) is 0 Å². The van der Waals surface area contributed by atoms with Crippen LogP contribution in [0.4, 0.5) is 4.39 Å². The van der Waals surface area contributed by atoms with Gasteiger partial charge in [-0.2, -0.15) is 4.39 Å². The topological polar surface area (TPSA) is 42.0 Å². The highest BCUT2D eigenvalue weighted by Crippen LogP contribution is 2.16. The van der Waals surface area contributed by atoms with Crippen LogP contribution in [0.15, 0.2) is 36.5 Å². The fourth-order valence-corrected chi connectivity index (χ4v) is 2.00. The summed E-state index contributed by atoms with van der Waals surface area (Å²) in [4.78, 5) is 15.2. The Morgan fingerprint density at radius 3 is 2.84 bits per heavy atom. The first-order valence-corrected chi connectivity index (χ1v) is 6.20. The molecule has 0 aliphatic rings. The monoisotopic (exact) mass is 299 g/mol. The Morgan fingerprint density at radius 1 is 1.37 bits per heavy atom. The molecule has 98 valence electrons. The Morgan fingerprint density at radius 2 is 2.16 bits per heavy atom. The van der Waals surface area contributed by atoms with Crippen molar-refractivity contribution in [1.29, 1.82) is 0 Å². The van der Waals surface area contributed by atoms with Crippen LogP contribution in [0.3, 0.4) is 0 Å². The maximum absolute atomic E-state index is 12.9. The summed E-state index contributed by atoms with van der Waals surface area (Å²) in [7, 11) is 0. The lowest BCUT2D eigenvalue weighted by Gasteiger charge is -2.05. The highest BCUT2D eigenvalue weighted by atomic mass is 35.5. The number of benzene rings is 1. The van der Waals surface area contributed by atoms with Crippen molar-refractivity contribution in [2.45, 2.75) is 6.54 Å². The van der Waals surface area contributed by atoms with E-state index >= 15 is 0 Å². The lowest BCUT2D eigenvalue weighted by molar-refractivity contribution is -0.290. The quantitative estimate of drug-likeness (QED) is 0.885. The summed E-state index contributed by atoms with van der Waals surface area (Å²) in [6.45, 7) is 0.263. The highest BCUT2D eigenvalue weighted by Gasteiger charge is 2.11. The van der Waals surface area contributed by atoms with E-state index in [-0.39, 0.29) is 18.0 Å². The third-order valence-corrected chi connectivity index (χ3v) is 3.07. The third kappa shape index (κ3) is 3.66. The van der Waals surface area contributed by atoms with Crippen LogP contribution in [0.5, 0.6) is 0 Å². The van der Waals surface area contributed by atoms with Crippen LogP contribution < -0.4 is 5.32 Å². The lowest BCUT2D eigenvalue weighted by atomic mass is 10.2. The molecular formula is C13H10Cl2FN2O+. The molecule has 1 N–H and O–H groups in total. The number of amides is 1. The summed E-state index contributed by atoms with van der Waals surface area (Å²) in [6, 6.07) is 7.61. The average molecular weight is 300 g/mol. The number of halogens is 3. The molecule has 0 unspecified atom stereocenters. The largest absolute Gasteiger partial charge is 0.348 e. The molecule has 0 aliphatic carbocycles. The van der Waals surface area contributed by atoms with Gasteiger partial charge in [0.1, 0.15) is 0 Å². The first-order valence-electron chi connectivity index (χ1n) is 5.41.